The van der Waals surface area contributed by atoms with Gasteiger partial charge in [-0.3, -0.25) is 4.79 Å². The molecule has 2 heterocycles. The smallest absolute Gasteiger partial charge is 0.250 e. The summed E-state index contributed by atoms with van der Waals surface area (Å²) in [6, 6.07) is 3.87. The van der Waals surface area contributed by atoms with Gasteiger partial charge in [0.2, 0.25) is 0 Å². The summed E-state index contributed by atoms with van der Waals surface area (Å²) in [5.74, 6) is 0. The van der Waals surface area contributed by atoms with E-state index in [2.05, 4.69) is 9.97 Å². The molecule has 4 heteroatoms. The number of aryl methyl sites for hydroxylation is 4. The molecule has 1 N–H and O–H groups in total. The van der Waals surface area contributed by atoms with Gasteiger partial charge in [-0.1, -0.05) is 25.1 Å². The van der Waals surface area contributed by atoms with Crippen molar-refractivity contribution >= 4 is 11.6 Å². The molecule has 0 saturated carbocycles. The standard InChI is InChI=1S/C7H8ClN.C7H9NO.CH4/c1-5-3-6(2)7(8)9-4-5;1-5-3-6(2)7(9)8-4-5;/h3-4H,1-2H3;3-4H,1-2H3,(H,8,9);1H4. The first-order valence-corrected chi connectivity index (χ1v) is 6.02. The van der Waals surface area contributed by atoms with Gasteiger partial charge in [-0.15, -0.1) is 0 Å². The molecule has 0 saturated heterocycles. The van der Waals surface area contributed by atoms with Crippen LogP contribution in [0.5, 0.6) is 0 Å². The van der Waals surface area contributed by atoms with Crippen LogP contribution >= 0.6 is 11.6 Å². The zero-order valence-electron chi connectivity index (χ0n) is 11.0. The van der Waals surface area contributed by atoms with Crippen molar-refractivity contribution in [2.75, 3.05) is 0 Å². The predicted molar refractivity (Wildman–Crippen MR) is 82.0 cm³/mol. The number of hydrogen-bond acceptors (Lipinski definition) is 2. The van der Waals surface area contributed by atoms with Crippen LogP contribution in [0.15, 0.2) is 29.3 Å². The third-order valence-corrected chi connectivity index (χ3v) is 2.78. The summed E-state index contributed by atoms with van der Waals surface area (Å²) in [5.41, 5.74) is 4.05. The molecule has 0 aliphatic rings. The Morgan fingerprint density at radius 2 is 1.63 bits per heavy atom. The Kier molecular flexibility index (Phi) is 7.09. The van der Waals surface area contributed by atoms with Crippen LogP contribution in [0.2, 0.25) is 5.15 Å². The zero-order valence-corrected chi connectivity index (χ0v) is 11.8. The minimum absolute atomic E-state index is 0. The minimum Gasteiger partial charge on any atom is -0.329 e. The van der Waals surface area contributed by atoms with E-state index in [0.717, 1.165) is 22.3 Å². The molecule has 104 valence electrons. The van der Waals surface area contributed by atoms with Crippen molar-refractivity contribution in [1.82, 2.24) is 9.97 Å². The van der Waals surface area contributed by atoms with E-state index in [4.69, 9.17) is 11.6 Å². The zero-order chi connectivity index (χ0) is 13.7. The minimum atomic E-state index is 0. The van der Waals surface area contributed by atoms with Gasteiger partial charge in [0, 0.05) is 18.0 Å². The van der Waals surface area contributed by atoms with Crippen molar-refractivity contribution in [3.8, 4) is 0 Å². The van der Waals surface area contributed by atoms with Gasteiger partial charge in [-0.2, -0.15) is 0 Å². The number of hydrogen-bond donors (Lipinski definition) is 1. The van der Waals surface area contributed by atoms with Gasteiger partial charge in [0.1, 0.15) is 5.15 Å². The molecule has 3 nitrogen and oxygen atoms in total. The van der Waals surface area contributed by atoms with Crippen molar-refractivity contribution in [1.29, 1.82) is 0 Å². The van der Waals surface area contributed by atoms with Gasteiger partial charge in [0.05, 0.1) is 0 Å². The molecule has 2 rings (SSSR count). The van der Waals surface area contributed by atoms with Crippen molar-refractivity contribution in [3.63, 3.8) is 0 Å². The van der Waals surface area contributed by atoms with E-state index in [1.807, 2.05) is 32.9 Å². The molecule has 0 aliphatic carbocycles. The van der Waals surface area contributed by atoms with Crippen LogP contribution in [0.4, 0.5) is 0 Å². The maximum absolute atomic E-state index is 10.7. The highest BCUT2D eigenvalue weighted by atomic mass is 35.5. The molecule has 0 fully saturated rings. The fourth-order valence-corrected chi connectivity index (χ4v) is 1.54. The Hall–Kier alpha value is -1.61. The van der Waals surface area contributed by atoms with Crippen LogP contribution in [0.1, 0.15) is 29.7 Å². The molecule has 0 aromatic carbocycles. The second-order valence-corrected chi connectivity index (χ2v) is 4.67. The second-order valence-electron chi connectivity index (χ2n) is 4.31. The molecule has 0 bridgehead atoms. The Morgan fingerprint density at radius 1 is 1.05 bits per heavy atom. The molecule has 2 aromatic heterocycles. The number of halogens is 1. The summed E-state index contributed by atoms with van der Waals surface area (Å²) < 4.78 is 0. The summed E-state index contributed by atoms with van der Waals surface area (Å²) in [6.07, 6.45) is 3.46. The number of H-pyrrole nitrogens is 1. The van der Waals surface area contributed by atoms with Gasteiger partial charge in [0.25, 0.3) is 5.56 Å². The third-order valence-electron chi connectivity index (χ3n) is 2.38. The van der Waals surface area contributed by atoms with Crippen LogP contribution in [0, 0.1) is 27.7 Å². The Labute approximate surface area is 119 Å². The molecule has 2 aromatic rings. The lowest BCUT2D eigenvalue weighted by molar-refractivity contribution is 1.15. The number of aromatic nitrogens is 2. The van der Waals surface area contributed by atoms with Gasteiger partial charge >= 0.3 is 0 Å². The molecule has 0 spiro atoms. The van der Waals surface area contributed by atoms with Crippen molar-refractivity contribution in [2.45, 2.75) is 35.1 Å². The maximum atomic E-state index is 10.7. The Bertz CT molecular complexity index is 591. The normalized spacial score (nSPS) is 9.11. The Balaban J connectivity index is 0.000000324. The van der Waals surface area contributed by atoms with E-state index < -0.39 is 0 Å². The monoisotopic (exact) mass is 280 g/mol. The highest BCUT2D eigenvalue weighted by Gasteiger charge is 1.93. The quantitative estimate of drug-likeness (QED) is 0.742. The number of nitrogens with one attached hydrogen (secondary N) is 1. The number of rotatable bonds is 0. The van der Waals surface area contributed by atoms with Gasteiger partial charge in [-0.05, 0) is 50.5 Å². The number of nitrogens with zero attached hydrogens (tertiary/aromatic N) is 1. The van der Waals surface area contributed by atoms with Crippen LogP contribution in [-0.4, -0.2) is 9.97 Å². The molecular formula is C15H21ClN2O. The Morgan fingerprint density at radius 3 is 2.05 bits per heavy atom. The highest BCUT2D eigenvalue weighted by molar-refractivity contribution is 6.30. The highest BCUT2D eigenvalue weighted by Crippen LogP contribution is 2.11. The SMILES string of the molecule is C.Cc1c[nH]c(=O)c(C)c1.Cc1cnc(Cl)c(C)c1. The lowest BCUT2D eigenvalue weighted by atomic mass is 10.2. The number of aromatic amines is 1. The van der Waals surface area contributed by atoms with E-state index in [0.29, 0.717) is 5.15 Å². The van der Waals surface area contributed by atoms with Gasteiger partial charge in [-0.25, -0.2) is 4.98 Å². The average molecular weight is 281 g/mol. The first kappa shape index (κ1) is 17.4. The molecular weight excluding hydrogens is 260 g/mol. The maximum Gasteiger partial charge on any atom is 0.250 e. The van der Waals surface area contributed by atoms with E-state index in [-0.39, 0.29) is 13.0 Å². The summed E-state index contributed by atoms with van der Waals surface area (Å²) in [5, 5.41) is 0.598. The molecule has 0 atom stereocenters. The molecule has 0 unspecified atom stereocenters. The first-order valence-electron chi connectivity index (χ1n) is 5.65. The first-order chi connectivity index (χ1) is 8.40. The summed E-state index contributed by atoms with van der Waals surface area (Å²) in [6.45, 7) is 7.69. The van der Waals surface area contributed by atoms with Crippen LogP contribution in [-0.2, 0) is 0 Å². The lowest BCUT2D eigenvalue weighted by Crippen LogP contribution is -2.07. The van der Waals surface area contributed by atoms with Crippen LogP contribution in [0.25, 0.3) is 0 Å². The molecule has 0 radical (unpaired) electrons. The van der Waals surface area contributed by atoms with E-state index >= 15 is 0 Å². The van der Waals surface area contributed by atoms with Crippen molar-refractivity contribution < 1.29 is 0 Å². The summed E-state index contributed by atoms with van der Waals surface area (Å²) >= 11 is 5.67. The van der Waals surface area contributed by atoms with Crippen LogP contribution in [0.3, 0.4) is 0 Å². The van der Waals surface area contributed by atoms with E-state index in [1.165, 1.54) is 0 Å². The fourth-order valence-electron chi connectivity index (χ4n) is 1.44. The molecule has 0 aliphatic heterocycles. The van der Waals surface area contributed by atoms with Crippen molar-refractivity contribution in [3.05, 3.63) is 62.3 Å². The molecule has 19 heavy (non-hydrogen) atoms. The third kappa shape index (κ3) is 5.71. The lowest BCUT2D eigenvalue weighted by Gasteiger charge is -1.95. The second kappa shape index (κ2) is 7.74. The topological polar surface area (TPSA) is 45.8 Å². The van der Waals surface area contributed by atoms with Crippen LogP contribution < -0.4 is 5.56 Å². The van der Waals surface area contributed by atoms with Crippen molar-refractivity contribution in [2.24, 2.45) is 0 Å². The molecule has 0 amide bonds. The predicted octanol–water partition coefficient (Wildman–Crippen LogP) is 3.98. The largest absolute Gasteiger partial charge is 0.329 e. The summed E-state index contributed by atoms with van der Waals surface area (Å²) in [4.78, 5) is 17.3. The van der Waals surface area contributed by atoms with Gasteiger partial charge < -0.3 is 4.98 Å². The van der Waals surface area contributed by atoms with Gasteiger partial charge in [0.15, 0.2) is 0 Å². The van der Waals surface area contributed by atoms with E-state index in [9.17, 15) is 4.79 Å². The average Bonchev–Trinajstić information content (AvgIpc) is 2.30. The number of pyridine rings is 2. The summed E-state index contributed by atoms with van der Waals surface area (Å²) in [7, 11) is 0. The fraction of sp³-hybridized carbons (Fsp3) is 0.333. The van der Waals surface area contributed by atoms with E-state index in [1.54, 1.807) is 19.3 Å².